The van der Waals surface area contributed by atoms with Crippen LogP contribution in [0.25, 0.3) is 0 Å². The molecule has 0 rings (SSSR count). The van der Waals surface area contributed by atoms with Gasteiger partial charge in [-0.1, -0.05) is 181 Å². The van der Waals surface area contributed by atoms with Crippen LogP contribution in [0.1, 0.15) is 194 Å². The average molecular weight is 706 g/mol. The van der Waals surface area contributed by atoms with Crippen molar-refractivity contribution in [1.82, 2.24) is 0 Å². The third kappa shape index (κ3) is 38.8. The van der Waals surface area contributed by atoms with E-state index in [4.69, 9.17) is 18.5 Å². The lowest BCUT2D eigenvalue weighted by molar-refractivity contribution is -0.870. The molecule has 0 spiro atoms. The second-order valence-electron chi connectivity index (χ2n) is 15.4. The van der Waals surface area contributed by atoms with Gasteiger partial charge < -0.3 is 27.9 Å². The molecule has 0 heterocycles. The maximum Gasteiger partial charge on any atom is 0.268 e. The Labute approximate surface area is 300 Å². The molecule has 2 atom stereocenters. The standard InChI is InChI=1S/C40H84NO6P/c1-6-8-10-12-14-16-18-20-21-22-23-25-27-29-31-33-36-45-40(39-47-48(42,43)46-37-34-41(3,4)5)38-44-35-32-30-28-26-24-19-17-15-13-11-9-7-2/h40H,6-39H2,1-5H3/t40-/m1/s1. The number of likely N-dealkylation sites (N-methyl/N-ethyl adjacent to an activating group) is 1. The van der Waals surface area contributed by atoms with Crippen LogP contribution in [0.5, 0.6) is 0 Å². The van der Waals surface area contributed by atoms with Crippen molar-refractivity contribution in [2.45, 2.75) is 200 Å². The number of unbranched alkanes of at least 4 members (excludes halogenated alkanes) is 26. The average Bonchev–Trinajstić information content (AvgIpc) is 3.04. The van der Waals surface area contributed by atoms with E-state index < -0.39 is 13.9 Å². The van der Waals surface area contributed by atoms with Crippen molar-refractivity contribution in [3.8, 4) is 0 Å². The van der Waals surface area contributed by atoms with Crippen molar-refractivity contribution in [3.63, 3.8) is 0 Å². The highest BCUT2D eigenvalue weighted by atomic mass is 31.2. The zero-order chi connectivity index (χ0) is 35.4. The lowest BCUT2D eigenvalue weighted by atomic mass is 10.0. The van der Waals surface area contributed by atoms with Gasteiger partial charge in [0.15, 0.2) is 0 Å². The first-order valence-electron chi connectivity index (χ1n) is 20.8. The quantitative estimate of drug-likeness (QED) is 0.0359. The molecule has 7 nitrogen and oxygen atoms in total. The van der Waals surface area contributed by atoms with Crippen LogP contribution in [0.3, 0.4) is 0 Å². The summed E-state index contributed by atoms with van der Waals surface area (Å²) in [5.74, 6) is 0. The molecule has 0 amide bonds. The maximum atomic E-state index is 12.3. The Morgan fingerprint density at radius 3 is 1.21 bits per heavy atom. The smallest absolute Gasteiger partial charge is 0.268 e. The molecule has 0 aromatic rings. The molecule has 0 aromatic heterocycles. The van der Waals surface area contributed by atoms with Crippen LogP contribution in [0.4, 0.5) is 0 Å². The van der Waals surface area contributed by atoms with Crippen LogP contribution in [0.15, 0.2) is 0 Å². The van der Waals surface area contributed by atoms with E-state index in [0.717, 1.165) is 19.3 Å². The second kappa shape index (κ2) is 35.4. The van der Waals surface area contributed by atoms with Gasteiger partial charge in [-0.15, -0.1) is 0 Å². The van der Waals surface area contributed by atoms with Crippen LogP contribution in [0.2, 0.25) is 0 Å². The highest BCUT2D eigenvalue weighted by Crippen LogP contribution is 2.38. The molecule has 0 radical (unpaired) electrons. The first kappa shape index (κ1) is 48.0. The number of phosphoric acid groups is 1. The van der Waals surface area contributed by atoms with E-state index in [2.05, 4.69) is 13.8 Å². The predicted molar refractivity (Wildman–Crippen MR) is 204 cm³/mol. The summed E-state index contributed by atoms with van der Waals surface area (Å²) >= 11 is 0. The molecule has 0 fully saturated rings. The fourth-order valence-corrected chi connectivity index (χ4v) is 6.67. The molecule has 0 saturated heterocycles. The maximum absolute atomic E-state index is 12.3. The third-order valence-electron chi connectivity index (χ3n) is 9.23. The van der Waals surface area contributed by atoms with Crippen LogP contribution >= 0.6 is 7.82 Å². The summed E-state index contributed by atoms with van der Waals surface area (Å²) in [6.07, 6.45) is 36.7. The lowest BCUT2D eigenvalue weighted by Crippen LogP contribution is -2.37. The van der Waals surface area contributed by atoms with Gasteiger partial charge in [-0.2, -0.15) is 0 Å². The zero-order valence-corrected chi connectivity index (χ0v) is 33.9. The first-order valence-corrected chi connectivity index (χ1v) is 22.3. The molecular weight excluding hydrogens is 621 g/mol. The minimum absolute atomic E-state index is 0.0670. The Morgan fingerprint density at radius 2 is 0.833 bits per heavy atom. The van der Waals surface area contributed by atoms with E-state index in [1.165, 1.54) is 161 Å². The second-order valence-corrected chi connectivity index (χ2v) is 16.8. The van der Waals surface area contributed by atoms with E-state index >= 15 is 0 Å². The molecule has 0 bridgehead atoms. The Balaban J connectivity index is 4.07. The minimum atomic E-state index is -4.38. The van der Waals surface area contributed by atoms with Gasteiger partial charge in [0.05, 0.1) is 34.4 Å². The highest BCUT2D eigenvalue weighted by Gasteiger charge is 2.18. The predicted octanol–water partition coefficient (Wildman–Crippen LogP) is 11.6. The van der Waals surface area contributed by atoms with Gasteiger partial charge in [-0.25, -0.2) is 0 Å². The summed E-state index contributed by atoms with van der Waals surface area (Å²) in [5.41, 5.74) is 0. The lowest BCUT2D eigenvalue weighted by Gasteiger charge is -2.28. The van der Waals surface area contributed by atoms with Gasteiger partial charge in [-0.05, 0) is 12.8 Å². The molecule has 8 heteroatoms. The van der Waals surface area contributed by atoms with E-state index in [1.807, 2.05) is 21.1 Å². The van der Waals surface area contributed by atoms with Crippen molar-refractivity contribution in [2.75, 3.05) is 60.7 Å². The summed E-state index contributed by atoms with van der Waals surface area (Å²) in [4.78, 5) is 12.3. The molecule has 0 aliphatic rings. The largest absolute Gasteiger partial charge is 0.756 e. The molecule has 1 unspecified atom stereocenters. The number of hydrogen-bond acceptors (Lipinski definition) is 6. The SMILES string of the molecule is CCCCCCCCCCCCCCCCCCO[C@H](COCCCCCCCCCCCCCC)COP(=O)([O-])OCC[N+](C)(C)C. The fraction of sp³-hybridized carbons (Fsp3) is 1.00. The van der Waals surface area contributed by atoms with Gasteiger partial charge in [0.25, 0.3) is 7.82 Å². The minimum Gasteiger partial charge on any atom is -0.756 e. The van der Waals surface area contributed by atoms with Crippen LogP contribution in [-0.4, -0.2) is 71.3 Å². The number of hydrogen-bond donors (Lipinski definition) is 0. The topological polar surface area (TPSA) is 77.1 Å². The summed E-state index contributed by atoms with van der Waals surface area (Å²) in [5, 5.41) is 0. The summed E-state index contributed by atoms with van der Waals surface area (Å²) < 4.78 is 35.3. The van der Waals surface area contributed by atoms with E-state index in [1.54, 1.807) is 0 Å². The van der Waals surface area contributed by atoms with Crippen molar-refractivity contribution in [2.24, 2.45) is 0 Å². The van der Waals surface area contributed by atoms with E-state index in [-0.39, 0.29) is 13.2 Å². The Hall–Kier alpha value is -0.0100. The van der Waals surface area contributed by atoms with Gasteiger partial charge in [-0.3, -0.25) is 4.57 Å². The van der Waals surface area contributed by atoms with Crippen LogP contribution < -0.4 is 4.89 Å². The zero-order valence-electron chi connectivity index (χ0n) is 33.0. The fourth-order valence-electron chi connectivity index (χ4n) is 5.94. The normalized spacial score (nSPS) is 14.0. The number of rotatable bonds is 40. The molecule has 290 valence electrons. The van der Waals surface area contributed by atoms with Gasteiger partial charge >= 0.3 is 0 Å². The Morgan fingerprint density at radius 1 is 0.479 bits per heavy atom. The number of quaternary nitrogens is 1. The van der Waals surface area contributed by atoms with Crippen LogP contribution in [0, 0.1) is 0 Å². The van der Waals surface area contributed by atoms with Gasteiger partial charge in [0.2, 0.25) is 0 Å². The molecule has 0 aromatic carbocycles. The Bertz CT molecular complexity index is 689. The first-order chi connectivity index (χ1) is 23.2. The monoisotopic (exact) mass is 706 g/mol. The number of nitrogens with zero attached hydrogens (tertiary/aromatic N) is 1. The van der Waals surface area contributed by atoms with Crippen molar-refractivity contribution >= 4 is 7.82 Å². The molecule has 0 aliphatic heterocycles. The summed E-state index contributed by atoms with van der Waals surface area (Å²) in [6.45, 7) is 6.78. The highest BCUT2D eigenvalue weighted by molar-refractivity contribution is 7.45. The van der Waals surface area contributed by atoms with Gasteiger partial charge in [0, 0.05) is 13.2 Å². The van der Waals surface area contributed by atoms with Crippen molar-refractivity contribution in [3.05, 3.63) is 0 Å². The van der Waals surface area contributed by atoms with Crippen molar-refractivity contribution < 1.29 is 32.5 Å². The molecule has 0 aliphatic carbocycles. The van der Waals surface area contributed by atoms with E-state index in [0.29, 0.717) is 30.8 Å². The summed E-state index contributed by atoms with van der Waals surface area (Å²) in [6, 6.07) is 0. The summed E-state index contributed by atoms with van der Waals surface area (Å²) in [7, 11) is 1.61. The van der Waals surface area contributed by atoms with Gasteiger partial charge in [0.1, 0.15) is 19.3 Å². The molecule has 48 heavy (non-hydrogen) atoms. The molecule has 0 saturated carbocycles. The van der Waals surface area contributed by atoms with Crippen LogP contribution in [-0.2, 0) is 23.1 Å². The Kier molecular flexibility index (Phi) is 35.4. The third-order valence-corrected chi connectivity index (χ3v) is 10.2. The molecular formula is C40H84NO6P. The van der Waals surface area contributed by atoms with Crippen molar-refractivity contribution in [1.29, 1.82) is 0 Å². The van der Waals surface area contributed by atoms with E-state index in [9.17, 15) is 9.46 Å². The number of ether oxygens (including phenoxy) is 2. The molecule has 0 N–H and O–H groups in total. The number of phosphoric ester groups is 1.